The van der Waals surface area contributed by atoms with Crippen molar-refractivity contribution >= 4 is 11.0 Å². The van der Waals surface area contributed by atoms with Gasteiger partial charge in [0.25, 0.3) is 0 Å². The van der Waals surface area contributed by atoms with Gasteiger partial charge in [0.1, 0.15) is 11.9 Å². The number of ether oxygens (including phenoxy) is 1. The van der Waals surface area contributed by atoms with Crippen molar-refractivity contribution in [1.82, 2.24) is 9.55 Å². The zero-order valence-electron chi connectivity index (χ0n) is 12.7. The number of aromatic nitrogens is 2. The minimum absolute atomic E-state index is 0.0930. The van der Waals surface area contributed by atoms with Crippen molar-refractivity contribution in [2.75, 3.05) is 6.61 Å². The molecule has 1 atom stereocenters. The molecular formula is C17H21N3O. The number of fused-ring (bicyclic) bond motifs is 1. The van der Waals surface area contributed by atoms with E-state index in [0.717, 1.165) is 42.9 Å². The van der Waals surface area contributed by atoms with E-state index in [1.165, 1.54) is 6.42 Å². The summed E-state index contributed by atoms with van der Waals surface area (Å²) in [5, 5.41) is 9.06. The molecular weight excluding hydrogens is 262 g/mol. The molecule has 1 aliphatic rings. The van der Waals surface area contributed by atoms with E-state index in [1.807, 2.05) is 18.2 Å². The Kier molecular flexibility index (Phi) is 3.94. The molecule has 1 unspecified atom stereocenters. The molecule has 1 aromatic heterocycles. The molecule has 21 heavy (non-hydrogen) atoms. The summed E-state index contributed by atoms with van der Waals surface area (Å²) in [5.74, 6) is 1.56. The minimum atomic E-state index is 0.0930. The quantitative estimate of drug-likeness (QED) is 0.860. The number of nitrogens with zero attached hydrogens (tertiary/aromatic N) is 3. The Hall–Kier alpha value is -1.86. The highest BCUT2D eigenvalue weighted by Crippen LogP contribution is 2.30. The van der Waals surface area contributed by atoms with Crippen LogP contribution in [0.5, 0.6) is 0 Å². The van der Waals surface area contributed by atoms with Crippen molar-refractivity contribution in [3.05, 3.63) is 29.6 Å². The molecule has 1 aliphatic heterocycles. The van der Waals surface area contributed by atoms with E-state index < -0.39 is 0 Å². The molecule has 0 spiro atoms. The van der Waals surface area contributed by atoms with Crippen molar-refractivity contribution in [2.45, 2.75) is 45.8 Å². The maximum absolute atomic E-state index is 9.06. The fraction of sp³-hybridized carbons (Fsp3) is 0.529. The van der Waals surface area contributed by atoms with E-state index in [-0.39, 0.29) is 6.10 Å². The topological polar surface area (TPSA) is 50.8 Å². The maximum atomic E-state index is 9.06. The van der Waals surface area contributed by atoms with E-state index in [9.17, 15) is 0 Å². The van der Waals surface area contributed by atoms with Crippen LogP contribution in [0.25, 0.3) is 11.0 Å². The fourth-order valence-electron chi connectivity index (χ4n) is 2.97. The number of hydrogen-bond acceptors (Lipinski definition) is 3. The lowest BCUT2D eigenvalue weighted by molar-refractivity contribution is 0.00736. The highest BCUT2D eigenvalue weighted by atomic mass is 16.5. The third-order valence-corrected chi connectivity index (χ3v) is 3.92. The predicted molar refractivity (Wildman–Crippen MR) is 81.8 cm³/mol. The Balaban J connectivity index is 2.09. The molecule has 1 aromatic carbocycles. The first-order valence-electron chi connectivity index (χ1n) is 7.71. The lowest BCUT2D eigenvalue weighted by Crippen LogP contribution is -2.18. The summed E-state index contributed by atoms with van der Waals surface area (Å²) in [5.41, 5.74) is 2.67. The highest BCUT2D eigenvalue weighted by molar-refractivity contribution is 5.77. The van der Waals surface area contributed by atoms with Gasteiger partial charge in [-0.15, -0.1) is 0 Å². The van der Waals surface area contributed by atoms with Gasteiger partial charge in [-0.2, -0.15) is 5.26 Å². The average Bonchev–Trinajstić information content (AvgIpc) is 2.85. The van der Waals surface area contributed by atoms with E-state index in [2.05, 4.69) is 24.5 Å². The van der Waals surface area contributed by atoms with Gasteiger partial charge >= 0.3 is 0 Å². The summed E-state index contributed by atoms with van der Waals surface area (Å²) in [6, 6.07) is 7.94. The molecule has 4 nitrogen and oxygen atoms in total. The lowest BCUT2D eigenvalue weighted by atomic mass is 10.1. The fourth-order valence-corrected chi connectivity index (χ4v) is 2.97. The molecule has 0 saturated carbocycles. The SMILES string of the molecule is CC(C)Cn1c(C2CCCCO2)nc2cc(C#N)ccc21. The first-order chi connectivity index (χ1) is 10.2. The summed E-state index contributed by atoms with van der Waals surface area (Å²) >= 11 is 0. The molecule has 4 heteroatoms. The van der Waals surface area contributed by atoms with E-state index in [4.69, 9.17) is 15.0 Å². The van der Waals surface area contributed by atoms with Gasteiger partial charge < -0.3 is 9.30 Å². The Bertz CT molecular complexity index is 675. The van der Waals surface area contributed by atoms with Gasteiger partial charge in [0, 0.05) is 13.2 Å². The van der Waals surface area contributed by atoms with Crippen LogP contribution in [0.3, 0.4) is 0 Å². The van der Waals surface area contributed by atoms with Crippen LogP contribution in [0.15, 0.2) is 18.2 Å². The number of hydrogen-bond donors (Lipinski definition) is 0. The van der Waals surface area contributed by atoms with Crippen LogP contribution < -0.4 is 0 Å². The van der Waals surface area contributed by atoms with Gasteiger partial charge in [-0.3, -0.25) is 0 Å². The molecule has 2 aromatic rings. The normalized spacial score (nSPS) is 19.0. The summed E-state index contributed by atoms with van der Waals surface area (Å²) in [4.78, 5) is 4.78. The Morgan fingerprint density at radius 2 is 2.29 bits per heavy atom. The zero-order valence-corrected chi connectivity index (χ0v) is 12.7. The predicted octanol–water partition coefficient (Wildman–Crippen LogP) is 3.81. The minimum Gasteiger partial charge on any atom is -0.370 e. The molecule has 1 fully saturated rings. The summed E-state index contributed by atoms with van der Waals surface area (Å²) in [7, 11) is 0. The van der Waals surface area contributed by atoms with Crippen molar-refractivity contribution in [2.24, 2.45) is 5.92 Å². The second-order valence-corrected chi connectivity index (χ2v) is 6.14. The first-order valence-corrected chi connectivity index (χ1v) is 7.71. The second-order valence-electron chi connectivity index (χ2n) is 6.14. The summed E-state index contributed by atoms with van der Waals surface area (Å²) < 4.78 is 8.20. The van der Waals surface area contributed by atoms with Crippen LogP contribution in [-0.4, -0.2) is 16.2 Å². The molecule has 0 radical (unpaired) electrons. The monoisotopic (exact) mass is 283 g/mol. The Morgan fingerprint density at radius 1 is 1.43 bits per heavy atom. The number of benzene rings is 1. The number of nitriles is 1. The van der Waals surface area contributed by atoms with Crippen molar-refractivity contribution in [3.63, 3.8) is 0 Å². The molecule has 3 rings (SSSR count). The van der Waals surface area contributed by atoms with Crippen LogP contribution >= 0.6 is 0 Å². The molecule has 1 saturated heterocycles. The molecule has 0 amide bonds. The van der Waals surface area contributed by atoms with Gasteiger partial charge in [-0.1, -0.05) is 13.8 Å². The van der Waals surface area contributed by atoms with Crippen LogP contribution in [0.1, 0.15) is 50.6 Å². The molecule has 0 N–H and O–H groups in total. The largest absolute Gasteiger partial charge is 0.370 e. The van der Waals surface area contributed by atoms with E-state index >= 15 is 0 Å². The molecule has 0 bridgehead atoms. The smallest absolute Gasteiger partial charge is 0.139 e. The molecule has 110 valence electrons. The zero-order chi connectivity index (χ0) is 14.8. The third-order valence-electron chi connectivity index (χ3n) is 3.92. The standard InChI is InChI=1S/C17H21N3O/c1-12(2)11-20-15-7-6-13(10-18)9-14(15)19-17(20)16-5-3-4-8-21-16/h6-7,9,12,16H,3-5,8,11H2,1-2H3. The first kappa shape index (κ1) is 14.1. The molecule has 2 heterocycles. The van der Waals surface area contributed by atoms with Crippen LogP contribution in [0.2, 0.25) is 0 Å². The van der Waals surface area contributed by atoms with E-state index in [1.54, 1.807) is 0 Å². The van der Waals surface area contributed by atoms with Crippen LogP contribution in [0.4, 0.5) is 0 Å². The van der Waals surface area contributed by atoms with Crippen LogP contribution in [-0.2, 0) is 11.3 Å². The maximum Gasteiger partial charge on any atom is 0.139 e. The van der Waals surface area contributed by atoms with Crippen molar-refractivity contribution in [3.8, 4) is 6.07 Å². The summed E-state index contributed by atoms with van der Waals surface area (Å²) in [6.45, 7) is 6.17. The van der Waals surface area contributed by atoms with Gasteiger partial charge in [-0.05, 0) is 43.4 Å². The molecule has 0 aliphatic carbocycles. The van der Waals surface area contributed by atoms with Crippen LogP contribution in [0, 0.1) is 17.2 Å². The van der Waals surface area contributed by atoms with Crippen molar-refractivity contribution < 1.29 is 4.74 Å². The van der Waals surface area contributed by atoms with Gasteiger partial charge in [0.2, 0.25) is 0 Å². The Morgan fingerprint density at radius 3 is 2.95 bits per heavy atom. The average molecular weight is 283 g/mol. The second kappa shape index (κ2) is 5.87. The lowest BCUT2D eigenvalue weighted by Gasteiger charge is -2.23. The van der Waals surface area contributed by atoms with E-state index in [0.29, 0.717) is 11.5 Å². The van der Waals surface area contributed by atoms with Gasteiger partial charge in [-0.25, -0.2) is 4.98 Å². The summed E-state index contributed by atoms with van der Waals surface area (Å²) in [6.07, 6.45) is 3.46. The number of imidazole rings is 1. The number of rotatable bonds is 3. The highest BCUT2D eigenvalue weighted by Gasteiger charge is 2.23. The Labute approximate surface area is 125 Å². The van der Waals surface area contributed by atoms with Gasteiger partial charge in [0.15, 0.2) is 0 Å². The van der Waals surface area contributed by atoms with Gasteiger partial charge in [0.05, 0.1) is 22.7 Å². The third kappa shape index (κ3) is 2.79. The van der Waals surface area contributed by atoms with Crippen molar-refractivity contribution in [1.29, 1.82) is 5.26 Å².